The molecule has 0 N–H and O–H groups in total. The summed E-state index contributed by atoms with van der Waals surface area (Å²) in [6, 6.07) is 23.9. The number of hydrogen-bond donors (Lipinski definition) is 0. The fourth-order valence-corrected chi connectivity index (χ4v) is 4.14. The number of aromatic nitrogens is 2. The summed E-state index contributed by atoms with van der Waals surface area (Å²) in [5.41, 5.74) is 3.57. The highest BCUT2D eigenvalue weighted by Crippen LogP contribution is 2.25. The highest BCUT2D eigenvalue weighted by molar-refractivity contribution is 5.97. The molecule has 31 heavy (non-hydrogen) atoms. The van der Waals surface area contributed by atoms with Gasteiger partial charge in [-0.05, 0) is 36.4 Å². The van der Waals surface area contributed by atoms with E-state index >= 15 is 0 Å². The van der Waals surface area contributed by atoms with Crippen LogP contribution in [0, 0.1) is 5.82 Å². The molecular formula is C25H23FN4O. The molecule has 5 rings (SSSR count). The molecule has 5 nitrogen and oxygen atoms in total. The summed E-state index contributed by atoms with van der Waals surface area (Å²) < 4.78 is 15.3. The summed E-state index contributed by atoms with van der Waals surface area (Å²) in [5, 5.41) is 0. The number of para-hydroxylation sites is 2. The van der Waals surface area contributed by atoms with Crippen molar-refractivity contribution in [3.8, 4) is 0 Å². The third-order valence-corrected chi connectivity index (χ3v) is 5.79. The van der Waals surface area contributed by atoms with Gasteiger partial charge in [0, 0.05) is 37.4 Å². The number of hydrogen-bond acceptors (Lipinski definition) is 4. The average Bonchev–Trinajstić information content (AvgIpc) is 3.18. The first kappa shape index (κ1) is 19.3. The number of imidazole rings is 1. The molecule has 0 radical (unpaired) electrons. The molecule has 156 valence electrons. The Hall–Kier alpha value is -3.67. The number of piperazine rings is 1. The predicted molar refractivity (Wildman–Crippen MR) is 121 cm³/mol. The van der Waals surface area contributed by atoms with Gasteiger partial charge in [0.05, 0.1) is 17.6 Å². The number of carbonyl (C=O) groups excluding carboxylic acids is 1. The van der Waals surface area contributed by atoms with E-state index in [9.17, 15) is 9.18 Å². The molecule has 4 aromatic rings. The molecule has 1 aliphatic heterocycles. The van der Waals surface area contributed by atoms with Crippen molar-refractivity contribution in [1.29, 1.82) is 0 Å². The summed E-state index contributed by atoms with van der Waals surface area (Å²) in [7, 11) is 0. The maximum Gasteiger partial charge on any atom is 0.207 e. The van der Waals surface area contributed by atoms with Gasteiger partial charge >= 0.3 is 0 Å². The van der Waals surface area contributed by atoms with Crippen molar-refractivity contribution >= 4 is 28.5 Å². The lowest BCUT2D eigenvalue weighted by Crippen LogP contribution is -2.47. The van der Waals surface area contributed by atoms with Crippen LogP contribution in [0.25, 0.3) is 11.0 Å². The molecule has 1 aromatic heterocycles. The largest absolute Gasteiger partial charge is 0.368 e. The third kappa shape index (κ3) is 3.89. The molecule has 0 amide bonds. The van der Waals surface area contributed by atoms with Crippen LogP contribution in [0.2, 0.25) is 0 Å². The van der Waals surface area contributed by atoms with Gasteiger partial charge < -0.3 is 14.4 Å². The van der Waals surface area contributed by atoms with Crippen LogP contribution in [0.15, 0.2) is 78.9 Å². The minimum absolute atomic E-state index is 0.0648. The number of anilines is 2. The molecule has 0 saturated carbocycles. The zero-order valence-corrected chi connectivity index (χ0v) is 17.1. The van der Waals surface area contributed by atoms with E-state index < -0.39 is 0 Å². The maximum atomic E-state index is 13.2. The lowest BCUT2D eigenvalue weighted by atomic mass is 10.1. The molecule has 0 spiro atoms. The number of nitrogens with zero attached hydrogens (tertiary/aromatic N) is 4. The zero-order valence-electron chi connectivity index (χ0n) is 17.1. The molecule has 3 aromatic carbocycles. The Morgan fingerprint density at radius 3 is 2.19 bits per heavy atom. The summed E-state index contributed by atoms with van der Waals surface area (Å²) >= 11 is 0. The van der Waals surface area contributed by atoms with Crippen molar-refractivity contribution in [3.63, 3.8) is 0 Å². The maximum absolute atomic E-state index is 13.2. The van der Waals surface area contributed by atoms with Crippen molar-refractivity contribution < 1.29 is 9.18 Å². The van der Waals surface area contributed by atoms with Crippen molar-refractivity contribution in [3.05, 3.63) is 90.2 Å². The molecule has 0 atom stereocenters. The fourth-order valence-electron chi connectivity index (χ4n) is 4.14. The first-order chi connectivity index (χ1) is 15.2. The summed E-state index contributed by atoms with van der Waals surface area (Å²) in [4.78, 5) is 22.3. The quantitative estimate of drug-likeness (QED) is 0.455. The van der Waals surface area contributed by atoms with Gasteiger partial charge in [0.1, 0.15) is 5.82 Å². The lowest BCUT2D eigenvalue weighted by molar-refractivity contribution is 0.0973. The average molecular weight is 414 g/mol. The van der Waals surface area contributed by atoms with Crippen LogP contribution < -0.4 is 9.80 Å². The standard InChI is InChI=1S/C25H23FN4O/c26-20-10-12-21(13-11-20)28-14-16-29(17-15-28)25-27-22-8-4-5-9-23(22)30(25)18-24(31)19-6-2-1-3-7-19/h1-13H,14-18H2. The van der Waals surface area contributed by atoms with E-state index in [-0.39, 0.29) is 18.1 Å². The zero-order chi connectivity index (χ0) is 21.2. The van der Waals surface area contributed by atoms with Crippen LogP contribution in [0.1, 0.15) is 10.4 Å². The van der Waals surface area contributed by atoms with Crippen LogP contribution in [0.4, 0.5) is 16.0 Å². The molecule has 6 heteroatoms. The number of fused-ring (bicyclic) bond motifs is 1. The van der Waals surface area contributed by atoms with Crippen LogP contribution in [0.3, 0.4) is 0 Å². The Balaban J connectivity index is 1.40. The van der Waals surface area contributed by atoms with Crippen molar-refractivity contribution in [1.82, 2.24) is 9.55 Å². The van der Waals surface area contributed by atoms with Gasteiger partial charge in [0.25, 0.3) is 0 Å². The summed E-state index contributed by atoms with van der Waals surface area (Å²) in [6.45, 7) is 3.42. The first-order valence-electron chi connectivity index (χ1n) is 10.5. The molecule has 1 fully saturated rings. The Kier molecular flexibility index (Phi) is 5.12. The number of halogens is 1. The SMILES string of the molecule is O=C(Cn1c(N2CCN(c3ccc(F)cc3)CC2)nc2ccccc21)c1ccccc1. The monoisotopic (exact) mass is 414 g/mol. The fraction of sp³-hybridized carbons (Fsp3) is 0.200. The van der Waals surface area contributed by atoms with E-state index in [4.69, 9.17) is 4.98 Å². The first-order valence-corrected chi connectivity index (χ1v) is 10.5. The molecular weight excluding hydrogens is 391 g/mol. The number of Topliss-reactive ketones (excluding diaryl/α,β-unsaturated/α-hetero) is 1. The minimum atomic E-state index is -0.223. The van der Waals surface area contributed by atoms with E-state index in [1.54, 1.807) is 0 Å². The number of benzene rings is 3. The van der Waals surface area contributed by atoms with Gasteiger partial charge in [0.15, 0.2) is 5.78 Å². The molecule has 1 aliphatic rings. The number of rotatable bonds is 5. The van der Waals surface area contributed by atoms with Crippen molar-refractivity contribution in [2.45, 2.75) is 6.54 Å². The second-order valence-electron chi connectivity index (χ2n) is 7.73. The lowest BCUT2D eigenvalue weighted by Gasteiger charge is -2.36. The van der Waals surface area contributed by atoms with E-state index in [0.717, 1.165) is 48.8 Å². The van der Waals surface area contributed by atoms with E-state index in [0.29, 0.717) is 5.56 Å². The number of ketones is 1. The highest BCUT2D eigenvalue weighted by Gasteiger charge is 2.23. The smallest absolute Gasteiger partial charge is 0.207 e. The Morgan fingerprint density at radius 2 is 1.45 bits per heavy atom. The van der Waals surface area contributed by atoms with Crippen LogP contribution in [-0.2, 0) is 6.54 Å². The van der Waals surface area contributed by atoms with E-state index in [2.05, 4.69) is 9.80 Å². The topological polar surface area (TPSA) is 41.4 Å². The summed E-state index contributed by atoms with van der Waals surface area (Å²) in [5.74, 6) is 0.665. The molecule has 0 bridgehead atoms. The van der Waals surface area contributed by atoms with Crippen molar-refractivity contribution in [2.24, 2.45) is 0 Å². The second-order valence-corrected chi connectivity index (χ2v) is 7.73. The highest BCUT2D eigenvalue weighted by atomic mass is 19.1. The molecule has 2 heterocycles. The second kappa shape index (κ2) is 8.22. The normalized spacial score (nSPS) is 14.2. The van der Waals surface area contributed by atoms with Gasteiger partial charge in [-0.15, -0.1) is 0 Å². The van der Waals surface area contributed by atoms with Gasteiger partial charge in [-0.1, -0.05) is 42.5 Å². The van der Waals surface area contributed by atoms with Gasteiger partial charge in [0.2, 0.25) is 5.95 Å². The van der Waals surface area contributed by atoms with E-state index in [1.165, 1.54) is 12.1 Å². The van der Waals surface area contributed by atoms with Gasteiger partial charge in [-0.25, -0.2) is 9.37 Å². The van der Waals surface area contributed by atoms with Crippen LogP contribution in [-0.4, -0.2) is 41.5 Å². The molecule has 0 unspecified atom stereocenters. The Morgan fingerprint density at radius 1 is 0.806 bits per heavy atom. The van der Waals surface area contributed by atoms with E-state index in [1.807, 2.05) is 71.3 Å². The van der Waals surface area contributed by atoms with Gasteiger partial charge in [-0.3, -0.25) is 4.79 Å². The third-order valence-electron chi connectivity index (χ3n) is 5.79. The Labute approximate surface area is 180 Å². The summed E-state index contributed by atoms with van der Waals surface area (Å²) in [6.07, 6.45) is 0. The van der Waals surface area contributed by atoms with Crippen molar-refractivity contribution in [2.75, 3.05) is 36.0 Å². The minimum Gasteiger partial charge on any atom is -0.368 e. The van der Waals surface area contributed by atoms with Gasteiger partial charge in [-0.2, -0.15) is 0 Å². The Bertz CT molecular complexity index is 1200. The van der Waals surface area contributed by atoms with Crippen LogP contribution >= 0.6 is 0 Å². The predicted octanol–water partition coefficient (Wildman–Crippen LogP) is 4.38. The number of carbonyl (C=O) groups is 1. The molecule has 1 saturated heterocycles. The molecule has 0 aliphatic carbocycles. The van der Waals surface area contributed by atoms with Crippen LogP contribution in [0.5, 0.6) is 0 Å².